The van der Waals surface area contributed by atoms with Gasteiger partial charge in [-0.15, -0.1) is 0 Å². The van der Waals surface area contributed by atoms with E-state index < -0.39 is 0 Å². The summed E-state index contributed by atoms with van der Waals surface area (Å²) in [4.78, 5) is 0. The Labute approximate surface area is 54.5 Å². The van der Waals surface area contributed by atoms with Crippen LogP contribution in [0.15, 0.2) is 22.5 Å². The zero-order valence-corrected chi connectivity index (χ0v) is 5.23. The fourth-order valence-corrected chi connectivity index (χ4v) is 0.359. The van der Waals surface area contributed by atoms with E-state index in [4.69, 9.17) is 0 Å². The van der Waals surface area contributed by atoms with Crippen molar-refractivity contribution in [3.8, 4) is 0 Å². The summed E-state index contributed by atoms with van der Waals surface area (Å²) >= 11 is 2.04. The summed E-state index contributed by atoms with van der Waals surface area (Å²) in [5.41, 5.74) is 1.32. The Morgan fingerprint density at radius 1 is 1.57 bits per heavy atom. The molecular weight excluding hydrogens is 79.0 g/mol. The van der Waals surface area contributed by atoms with Gasteiger partial charge >= 0.3 is 54.0 Å². The Morgan fingerprint density at radius 3 is 2.29 bits per heavy atom. The van der Waals surface area contributed by atoms with Crippen LogP contribution < -0.4 is 0 Å². The predicted octanol–water partition coefficient (Wildman–Crippen LogP) is 1.63. The van der Waals surface area contributed by atoms with Gasteiger partial charge in [0, 0.05) is 0 Å². The van der Waals surface area contributed by atoms with Gasteiger partial charge in [0.25, 0.3) is 0 Å². The SMILES string of the molecule is [Li][CH]=C(C)C=CC. The van der Waals surface area contributed by atoms with Crippen molar-refractivity contribution in [3.05, 3.63) is 22.5 Å². The summed E-state index contributed by atoms with van der Waals surface area (Å²) < 4.78 is 2.08. The molecular formula is C6H9Li. The van der Waals surface area contributed by atoms with Crippen LogP contribution in [0, 0.1) is 0 Å². The van der Waals surface area contributed by atoms with Gasteiger partial charge in [-0.1, -0.05) is 0 Å². The van der Waals surface area contributed by atoms with E-state index in [0.29, 0.717) is 0 Å². The zero-order valence-electron chi connectivity index (χ0n) is 5.23. The van der Waals surface area contributed by atoms with E-state index >= 15 is 0 Å². The topological polar surface area (TPSA) is 0 Å². The van der Waals surface area contributed by atoms with Crippen molar-refractivity contribution in [1.82, 2.24) is 0 Å². The van der Waals surface area contributed by atoms with E-state index in [1.165, 1.54) is 5.57 Å². The molecule has 1 heteroatoms. The maximum atomic E-state index is 2.08. The fourth-order valence-electron chi connectivity index (χ4n) is 0.359. The molecule has 0 aliphatic carbocycles. The first-order chi connectivity index (χ1) is 3.31. The first-order valence-corrected chi connectivity index (χ1v) is 2.57. The fraction of sp³-hybridized carbons (Fsp3) is 0.333. The van der Waals surface area contributed by atoms with Crippen molar-refractivity contribution in [2.45, 2.75) is 13.8 Å². The van der Waals surface area contributed by atoms with E-state index in [0.717, 1.165) is 0 Å². The summed E-state index contributed by atoms with van der Waals surface area (Å²) in [5, 5.41) is 0. The van der Waals surface area contributed by atoms with Gasteiger partial charge in [0.15, 0.2) is 0 Å². The minimum atomic E-state index is 1.32. The third-order valence-corrected chi connectivity index (χ3v) is 0.885. The molecule has 0 nitrogen and oxygen atoms in total. The second kappa shape index (κ2) is 4.24. The van der Waals surface area contributed by atoms with Gasteiger partial charge in [-0.05, 0) is 0 Å². The van der Waals surface area contributed by atoms with Crippen molar-refractivity contribution in [2.75, 3.05) is 0 Å². The van der Waals surface area contributed by atoms with Gasteiger partial charge in [-0.2, -0.15) is 0 Å². The number of hydrogen-bond donors (Lipinski definition) is 0. The van der Waals surface area contributed by atoms with Gasteiger partial charge in [0.1, 0.15) is 0 Å². The van der Waals surface area contributed by atoms with Crippen LogP contribution in [0.5, 0.6) is 0 Å². The molecule has 0 aliphatic rings. The van der Waals surface area contributed by atoms with Crippen LogP contribution in [0.4, 0.5) is 0 Å². The Morgan fingerprint density at radius 2 is 2.14 bits per heavy atom. The summed E-state index contributed by atoms with van der Waals surface area (Å²) in [7, 11) is 0. The van der Waals surface area contributed by atoms with Crippen LogP contribution in [0.25, 0.3) is 0 Å². The Hall–Kier alpha value is 0.0774. The van der Waals surface area contributed by atoms with Gasteiger partial charge in [0.05, 0.1) is 0 Å². The molecule has 0 fully saturated rings. The van der Waals surface area contributed by atoms with Crippen LogP contribution in [0.2, 0.25) is 0 Å². The molecule has 7 heavy (non-hydrogen) atoms. The second-order valence-electron chi connectivity index (χ2n) is 1.53. The van der Waals surface area contributed by atoms with Gasteiger partial charge in [-0.25, -0.2) is 0 Å². The average Bonchev–Trinajstić information content (AvgIpc) is 1.68. The zero-order chi connectivity index (χ0) is 5.70. The van der Waals surface area contributed by atoms with Crippen molar-refractivity contribution in [2.24, 2.45) is 0 Å². The molecule has 0 unspecified atom stereocenters. The third kappa shape index (κ3) is 3.92. The van der Waals surface area contributed by atoms with Crippen molar-refractivity contribution in [3.63, 3.8) is 0 Å². The quantitative estimate of drug-likeness (QED) is 0.337. The van der Waals surface area contributed by atoms with E-state index in [2.05, 4.69) is 17.7 Å². The molecule has 0 aromatic rings. The molecule has 34 valence electrons. The first kappa shape index (κ1) is 7.08. The predicted molar refractivity (Wildman–Crippen MR) is 34.3 cm³/mol. The summed E-state index contributed by atoms with van der Waals surface area (Å²) in [6.45, 7) is 4.10. The van der Waals surface area contributed by atoms with Gasteiger partial charge in [0.2, 0.25) is 0 Å². The molecule has 0 rings (SSSR count). The standard InChI is InChI=1S/C6H9.Li/c1-4-5-6(2)3;/h2,4-5H,1,3H3;. The molecule has 0 radical (unpaired) electrons. The molecule has 0 aliphatic heterocycles. The monoisotopic (exact) mass is 88.1 g/mol. The van der Waals surface area contributed by atoms with Crippen LogP contribution in [-0.4, -0.2) is 17.7 Å². The Balaban J connectivity index is 3.58. The number of rotatable bonds is 1. The maximum absolute atomic E-state index is 2.08. The number of allylic oxidation sites excluding steroid dienone is 3. The molecule has 0 aromatic carbocycles. The molecule has 0 saturated heterocycles. The Kier molecular flexibility index (Phi) is 4.29. The van der Waals surface area contributed by atoms with Gasteiger partial charge in [-0.3, -0.25) is 0 Å². The van der Waals surface area contributed by atoms with Crippen molar-refractivity contribution >= 4 is 17.7 Å². The van der Waals surface area contributed by atoms with E-state index in [9.17, 15) is 0 Å². The van der Waals surface area contributed by atoms with Crippen molar-refractivity contribution < 1.29 is 0 Å². The van der Waals surface area contributed by atoms with Gasteiger partial charge < -0.3 is 0 Å². The van der Waals surface area contributed by atoms with Crippen LogP contribution >= 0.6 is 0 Å². The van der Waals surface area contributed by atoms with E-state index in [1.54, 1.807) is 0 Å². The second-order valence-corrected chi connectivity index (χ2v) is 1.53. The molecule has 0 bridgehead atoms. The first-order valence-electron chi connectivity index (χ1n) is 2.57. The number of hydrogen-bond acceptors (Lipinski definition) is 0. The average molecular weight is 88.1 g/mol. The third-order valence-electron chi connectivity index (χ3n) is 0.885. The molecule has 0 N–H and O–H groups in total. The van der Waals surface area contributed by atoms with Crippen LogP contribution in [-0.2, 0) is 0 Å². The van der Waals surface area contributed by atoms with E-state index in [1.807, 2.05) is 30.7 Å². The molecule has 0 saturated carbocycles. The minimum absolute atomic E-state index is 1.32. The molecule has 0 amide bonds. The summed E-state index contributed by atoms with van der Waals surface area (Å²) in [5.74, 6) is 0. The molecule has 0 aromatic heterocycles. The molecule has 0 spiro atoms. The van der Waals surface area contributed by atoms with Crippen LogP contribution in [0.3, 0.4) is 0 Å². The molecule has 0 heterocycles. The summed E-state index contributed by atoms with van der Waals surface area (Å²) in [6, 6.07) is 0. The normalized spacial score (nSPS) is 13.4. The Bertz CT molecular complexity index is 90.4. The molecule has 0 atom stereocenters. The summed E-state index contributed by atoms with van der Waals surface area (Å²) in [6.07, 6.45) is 4.12. The van der Waals surface area contributed by atoms with Crippen molar-refractivity contribution in [1.29, 1.82) is 0 Å². The van der Waals surface area contributed by atoms with Crippen LogP contribution in [0.1, 0.15) is 13.8 Å². The van der Waals surface area contributed by atoms with E-state index in [-0.39, 0.29) is 0 Å².